The number of benzene rings is 1. The van der Waals surface area contributed by atoms with Crippen molar-refractivity contribution in [3.8, 4) is 5.75 Å². The van der Waals surface area contributed by atoms with Gasteiger partial charge in [0.15, 0.2) is 0 Å². The van der Waals surface area contributed by atoms with Crippen LogP contribution in [0.3, 0.4) is 0 Å². The van der Waals surface area contributed by atoms with Gasteiger partial charge in [0, 0.05) is 6.04 Å². The highest BCUT2D eigenvalue weighted by molar-refractivity contribution is 5.32. The Morgan fingerprint density at radius 3 is 2.74 bits per heavy atom. The summed E-state index contributed by atoms with van der Waals surface area (Å²) in [4.78, 5) is 0. The molecule has 2 nitrogen and oxygen atoms in total. The molecule has 2 heteroatoms. The Morgan fingerprint density at radius 1 is 1.16 bits per heavy atom. The fourth-order valence-corrected chi connectivity index (χ4v) is 2.83. The first-order valence-corrected chi connectivity index (χ1v) is 7.77. The van der Waals surface area contributed by atoms with E-state index >= 15 is 0 Å². The molecule has 1 aliphatic carbocycles. The van der Waals surface area contributed by atoms with Crippen molar-refractivity contribution in [3.63, 3.8) is 0 Å². The second kappa shape index (κ2) is 7.54. The average Bonchev–Trinajstić information content (AvgIpc) is 2.64. The van der Waals surface area contributed by atoms with Gasteiger partial charge in [-0.2, -0.15) is 0 Å². The van der Waals surface area contributed by atoms with E-state index in [0.29, 0.717) is 12.1 Å². The molecular weight excluding hydrogens is 234 g/mol. The van der Waals surface area contributed by atoms with Crippen LogP contribution in [0.4, 0.5) is 0 Å². The number of ether oxygens (including phenoxy) is 1. The summed E-state index contributed by atoms with van der Waals surface area (Å²) in [6.07, 6.45) is 7.91. The summed E-state index contributed by atoms with van der Waals surface area (Å²) in [5, 5.41) is 3.68. The molecule has 0 aromatic heterocycles. The maximum Gasteiger partial charge on any atom is 0.122 e. The Bertz CT molecular complexity index is 377. The van der Waals surface area contributed by atoms with Crippen LogP contribution in [0.25, 0.3) is 0 Å². The first kappa shape index (κ1) is 14.4. The summed E-state index contributed by atoms with van der Waals surface area (Å²) in [6, 6.07) is 8.87. The predicted octanol–water partition coefficient (Wildman–Crippen LogP) is 4.07. The molecule has 2 unspecified atom stereocenters. The van der Waals surface area contributed by atoms with Gasteiger partial charge in [-0.3, -0.25) is 0 Å². The lowest BCUT2D eigenvalue weighted by atomic mass is 10.1. The van der Waals surface area contributed by atoms with Crippen LogP contribution in [0.2, 0.25) is 0 Å². The Balaban J connectivity index is 2.03. The van der Waals surface area contributed by atoms with Crippen molar-refractivity contribution in [1.29, 1.82) is 0 Å². The van der Waals surface area contributed by atoms with Crippen molar-refractivity contribution in [1.82, 2.24) is 5.32 Å². The zero-order chi connectivity index (χ0) is 13.5. The normalized spacial score (nSPS) is 23.9. The van der Waals surface area contributed by atoms with E-state index in [2.05, 4.69) is 43.4 Å². The topological polar surface area (TPSA) is 21.3 Å². The summed E-state index contributed by atoms with van der Waals surface area (Å²) in [7, 11) is 0. The number of hydrogen-bond donors (Lipinski definition) is 1. The van der Waals surface area contributed by atoms with Crippen molar-refractivity contribution in [2.24, 2.45) is 0 Å². The lowest BCUT2D eigenvalue weighted by molar-refractivity contribution is 0.144. The summed E-state index contributed by atoms with van der Waals surface area (Å²) < 4.78 is 6.31. The molecule has 2 atom stereocenters. The third-order valence-corrected chi connectivity index (χ3v) is 3.98. The summed E-state index contributed by atoms with van der Waals surface area (Å²) in [5.74, 6) is 1.05. The van der Waals surface area contributed by atoms with Crippen LogP contribution in [0.1, 0.15) is 51.0 Å². The minimum absolute atomic E-state index is 0.329. The van der Waals surface area contributed by atoms with Gasteiger partial charge in [-0.05, 0) is 50.8 Å². The lowest BCUT2D eigenvalue weighted by Crippen LogP contribution is -2.42. The number of hydrogen-bond acceptors (Lipinski definition) is 2. The van der Waals surface area contributed by atoms with Crippen molar-refractivity contribution in [2.45, 2.75) is 64.5 Å². The van der Waals surface area contributed by atoms with Crippen LogP contribution >= 0.6 is 0 Å². The summed E-state index contributed by atoms with van der Waals surface area (Å²) >= 11 is 0. The Kier molecular flexibility index (Phi) is 5.71. The van der Waals surface area contributed by atoms with E-state index < -0.39 is 0 Å². The van der Waals surface area contributed by atoms with E-state index in [4.69, 9.17) is 4.74 Å². The molecule has 1 aliphatic rings. The number of aryl methyl sites for hydroxylation is 1. The molecule has 0 heterocycles. The summed E-state index contributed by atoms with van der Waals surface area (Å²) in [5.41, 5.74) is 1.24. The molecule has 0 radical (unpaired) electrons. The molecule has 0 amide bonds. The highest BCUT2D eigenvalue weighted by Gasteiger charge is 2.25. The molecule has 0 spiro atoms. The van der Waals surface area contributed by atoms with Crippen LogP contribution in [-0.2, 0) is 0 Å². The van der Waals surface area contributed by atoms with Crippen molar-refractivity contribution in [3.05, 3.63) is 29.8 Å². The SMILES string of the molecule is CCCNC1CCCCCC1Oc1ccccc1C. The molecule has 1 aromatic carbocycles. The molecular formula is C17H27NO. The largest absolute Gasteiger partial charge is 0.489 e. The van der Waals surface area contributed by atoms with Gasteiger partial charge in [-0.15, -0.1) is 0 Å². The van der Waals surface area contributed by atoms with E-state index in [-0.39, 0.29) is 0 Å². The fraction of sp³-hybridized carbons (Fsp3) is 0.647. The molecule has 2 rings (SSSR count). The standard InChI is InChI=1S/C17H27NO/c1-3-13-18-15-10-5-4-6-12-17(15)19-16-11-8-7-9-14(16)2/h7-9,11,15,17-18H,3-6,10,12-13H2,1-2H3. The van der Waals surface area contributed by atoms with Gasteiger partial charge in [0.05, 0.1) is 0 Å². The van der Waals surface area contributed by atoms with E-state index in [1.54, 1.807) is 0 Å². The van der Waals surface area contributed by atoms with Gasteiger partial charge in [0.1, 0.15) is 11.9 Å². The smallest absolute Gasteiger partial charge is 0.122 e. The second-order valence-electron chi connectivity index (χ2n) is 5.62. The minimum Gasteiger partial charge on any atom is -0.489 e. The molecule has 1 saturated carbocycles. The van der Waals surface area contributed by atoms with Gasteiger partial charge >= 0.3 is 0 Å². The van der Waals surface area contributed by atoms with E-state index in [1.165, 1.54) is 44.1 Å². The monoisotopic (exact) mass is 261 g/mol. The van der Waals surface area contributed by atoms with Crippen LogP contribution < -0.4 is 10.1 Å². The van der Waals surface area contributed by atoms with E-state index in [1.807, 2.05) is 0 Å². The van der Waals surface area contributed by atoms with Gasteiger partial charge in [-0.1, -0.05) is 38.0 Å². The average molecular weight is 261 g/mol. The van der Waals surface area contributed by atoms with E-state index in [0.717, 1.165) is 12.3 Å². The maximum atomic E-state index is 6.31. The van der Waals surface area contributed by atoms with Crippen LogP contribution in [-0.4, -0.2) is 18.7 Å². The highest BCUT2D eigenvalue weighted by Crippen LogP contribution is 2.25. The molecule has 0 aliphatic heterocycles. The number of rotatable bonds is 5. The quantitative estimate of drug-likeness (QED) is 0.807. The first-order chi connectivity index (χ1) is 9.31. The van der Waals surface area contributed by atoms with Gasteiger partial charge < -0.3 is 10.1 Å². The second-order valence-corrected chi connectivity index (χ2v) is 5.62. The molecule has 1 fully saturated rings. The van der Waals surface area contributed by atoms with Crippen molar-refractivity contribution in [2.75, 3.05) is 6.54 Å². The lowest BCUT2D eigenvalue weighted by Gasteiger charge is -2.27. The predicted molar refractivity (Wildman–Crippen MR) is 80.8 cm³/mol. The zero-order valence-electron chi connectivity index (χ0n) is 12.3. The number of nitrogens with one attached hydrogen (secondary N) is 1. The Labute approximate surface area is 117 Å². The van der Waals surface area contributed by atoms with Gasteiger partial charge in [0.25, 0.3) is 0 Å². The van der Waals surface area contributed by atoms with E-state index in [9.17, 15) is 0 Å². The Hall–Kier alpha value is -1.02. The zero-order valence-corrected chi connectivity index (χ0v) is 12.3. The van der Waals surface area contributed by atoms with Crippen LogP contribution in [0, 0.1) is 6.92 Å². The van der Waals surface area contributed by atoms with Crippen molar-refractivity contribution < 1.29 is 4.74 Å². The molecule has 19 heavy (non-hydrogen) atoms. The third kappa shape index (κ3) is 4.24. The molecule has 106 valence electrons. The van der Waals surface area contributed by atoms with Crippen LogP contribution in [0.15, 0.2) is 24.3 Å². The van der Waals surface area contributed by atoms with Crippen LogP contribution in [0.5, 0.6) is 5.75 Å². The summed E-state index contributed by atoms with van der Waals surface area (Å²) in [6.45, 7) is 5.44. The van der Waals surface area contributed by atoms with Crippen molar-refractivity contribution >= 4 is 0 Å². The number of para-hydroxylation sites is 1. The Morgan fingerprint density at radius 2 is 1.95 bits per heavy atom. The molecule has 1 N–H and O–H groups in total. The van der Waals surface area contributed by atoms with Gasteiger partial charge in [0.2, 0.25) is 0 Å². The van der Waals surface area contributed by atoms with Gasteiger partial charge in [-0.25, -0.2) is 0 Å². The third-order valence-electron chi connectivity index (χ3n) is 3.98. The fourth-order valence-electron chi connectivity index (χ4n) is 2.83. The molecule has 1 aromatic rings. The maximum absolute atomic E-state index is 6.31. The molecule has 0 bridgehead atoms. The molecule has 0 saturated heterocycles. The first-order valence-electron chi connectivity index (χ1n) is 7.77. The highest BCUT2D eigenvalue weighted by atomic mass is 16.5. The minimum atomic E-state index is 0.329.